The average Bonchev–Trinajstić information content (AvgIpc) is 2.42. The van der Waals surface area contributed by atoms with Crippen molar-refractivity contribution in [2.24, 2.45) is 5.92 Å². The summed E-state index contributed by atoms with van der Waals surface area (Å²) in [6.45, 7) is 2.89. The summed E-state index contributed by atoms with van der Waals surface area (Å²) in [7, 11) is 0. The number of nitrogen functional groups attached to an aromatic ring is 1. The van der Waals surface area contributed by atoms with Crippen LogP contribution in [0.2, 0.25) is 5.02 Å². The van der Waals surface area contributed by atoms with Crippen LogP contribution in [0, 0.1) is 5.92 Å². The van der Waals surface area contributed by atoms with E-state index in [0.29, 0.717) is 24.1 Å². The van der Waals surface area contributed by atoms with E-state index in [2.05, 4.69) is 10.2 Å². The van der Waals surface area contributed by atoms with E-state index in [1.165, 1.54) is 0 Å². The second-order valence-electron chi connectivity index (χ2n) is 5.85. The molecule has 1 aromatic rings. The molecule has 0 aliphatic carbocycles. The van der Waals surface area contributed by atoms with Crippen molar-refractivity contribution >= 4 is 23.2 Å². The van der Waals surface area contributed by atoms with Crippen molar-refractivity contribution in [1.82, 2.24) is 10.2 Å². The quantitative estimate of drug-likeness (QED) is 0.820. The minimum absolute atomic E-state index is 0.210. The molecule has 0 spiro atoms. The van der Waals surface area contributed by atoms with Crippen molar-refractivity contribution < 1.29 is 4.79 Å². The number of carbonyl (C=O) groups excluding carboxylic acids is 1. The molecule has 2 atom stereocenters. The van der Waals surface area contributed by atoms with E-state index >= 15 is 0 Å². The van der Waals surface area contributed by atoms with E-state index in [-0.39, 0.29) is 5.91 Å². The smallest absolute Gasteiger partial charge is 0.220 e. The molecule has 2 fully saturated rings. The van der Waals surface area contributed by atoms with Gasteiger partial charge in [-0.1, -0.05) is 17.7 Å². The van der Waals surface area contributed by atoms with Crippen LogP contribution in [0.5, 0.6) is 0 Å². The molecular formula is C15H20ClN3O. The summed E-state index contributed by atoms with van der Waals surface area (Å²) in [6.07, 6.45) is 2.70. The Hall–Kier alpha value is -1.26. The third-order valence-corrected chi connectivity index (χ3v) is 4.73. The fourth-order valence-corrected chi connectivity index (χ4v) is 3.51. The Balaban J connectivity index is 1.63. The standard InChI is InChI=1S/C15H20ClN3O/c16-13-7-12(17)3-1-10(13)8-19-6-5-14-11(9-19)2-4-15(20)18-14/h1,3,7,11,14H,2,4-6,8-9,17H2,(H,18,20). The maximum absolute atomic E-state index is 11.4. The van der Waals surface area contributed by atoms with Crippen molar-refractivity contribution in [3.05, 3.63) is 28.8 Å². The lowest BCUT2D eigenvalue weighted by Gasteiger charge is -2.41. The summed E-state index contributed by atoms with van der Waals surface area (Å²) in [5.74, 6) is 0.787. The number of nitrogens with one attached hydrogen (secondary N) is 1. The first-order valence-corrected chi connectivity index (χ1v) is 7.55. The SMILES string of the molecule is Nc1ccc(CN2CCC3NC(=O)CCC3C2)c(Cl)c1. The molecule has 0 bridgehead atoms. The number of nitrogens with zero attached hydrogens (tertiary/aromatic N) is 1. The zero-order valence-electron chi connectivity index (χ0n) is 11.4. The fourth-order valence-electron chi connectivity index (χ4n) is 3.26. The van der Waals surface area contributed by atoms with Crippen LogP contribution in [-0.2, 0) is 11.3 Å². The van der Waals surface area contributed by atoms with Gasteiger partial charge in [-0.15, -0.1) is 0 Å². The number of nitrogens with two attached hydrogens (primary N) is 1. The van der Waals surface area contributed by atoms with E-state index in [4.69, 9.17) is 17.3 Å². The molecule has 0 aromatic heterocycles. The zero-order chi connectivity index (χ0) is 14.1. The van der Waals surface area contributed by atoms with Crippen LogP contribution in [0.4, 0.5) is 5.69 Å². The molecule has 2 aliphatic rings. The number of halogens is 1. The van der Waals surface area contributed by atoms with Gasteiger partial charge in [0.2, 0.25) is 5.91 Å². The number of likely N-dealkylation sites (tertiary alicyclic amines) is 1. The van der Waals surface area contributed by atoms with Gasteiger partial charge in [-0.05, 0) is 36.5 Å². The van der Waals surface area contributed by atoms with E-state index in [1.807, 2.05) is 18.2 Å². The number of piperidine rings is 2. The number of carbonyl (C=O) groups is 1. The first kappa shape index (κ1) is 13.7. The molecule has 1 aromatic carbocycles. The molecule has 3 N–H and O–H groups in total. The predicted octanol–water partition coefficient (Wildman–Crippen LogP) is 2.02. The number of amides is 1. The molecule has 3 rings (SSSR count). The molecular weight excluding hydrogens is 274 g/mol. The van der Waals surface area contributed by atoms with Crippen molar-refractivity contribution in [3.63, 3.8) is 0 Å². The Labute approximate surface area is 124 Å². The van der Waals surface area contributed by atoms with Crippen molar-refractivity contribution in [1.29, 1.82) is 0 Å². The minimum atomic E-state index is 0.210. The summed E-state index contributed by atoms with van der Waals surface area (Å²) in [5.41, 5.74) is 7.55. The molecule has 2 unspecified atom stereocenters. The summed E-state index contributed by atoms with van der Waals surface area (Å²) in [5, 5.41) is 3.85. The Kier molecular flexibility index (Phi) is 3.85. The maximum atomic E-state index is 11.4. The van der Waals surface area contributed by atoms with Crippen molar-refractivity contribution in [3.8, 4) is 0 Å². The molecule has 1 amide bonds. The largest absolute Gasteiger partial charge is 0.399 e. The zero-order valence-corrected chi connectivity index (χ0v) is 12.2. The number of rotatable bonds is 2. The Bertz CT molecular complexity index is 520. The lowest BCUT2D eigenvalue weighted by Crippen LogP contribution is -2.53. The highest BCUT2D eigenvalue weighted by atomic mass is 35.5. The minimum Gasteiger partial charge on any atom is -0.399 e. The van der Waals surface area contributed by atoms with Crippen molar-refractivity contribution in [2.45, 2.75) is 31.8 Å². The lowest BCUT2D eigenvalue weighted by atomic mass is 9.85. The highest BCUT2D eigenvalue weighted by Gasteiger charge is 2.33. The van der Waals surface area contributed by atoms with Crippen LogP contribution < -0.4 is 11.1 Å². The van der Waals surface area contributed by atoms with Gasteiger partial charge in [-0.25, -0.2) is 0 Å². The normalized spacial score (nSPS) is 26.9. The van der Waals surface area contributed by atoms with Crippen LogP contribution in [0.25, 0.3) is 0 Å². The van der Waals surface area contributed by atoms with Gasteiger partial charge in [0.15, 0.2) is 0 Å². The molecule has 4 nitrogen and oxygen atoms in total. The molecule has 5 heteroatoms. The van der Waals surface area contributed by atoms with E-state index in [0.717, 1.165) is 43.1 Å². The van der Waals surface area contributed by atoms with E-state index < -0.39 is 0 Å². The van der Waals surface area contributed by atoms with Gasteiger partial charge in [0.25, 0.3) is 0 Å². The van der Waals surface area contributed by atoms with Crippen LogP contribution in [-0.4, -0.2) is 29.9 Å². The predicted molar refractivity (Wildman–Crippen MR) is 80.4 cm³/mol. The molecule has 2 heterocycles. The van der Waals surface area contributed by atoms with Gasteiger partial charge >= 0.3 is 0 Å². The Morgan fingerprint density at radius 3 is 3.05 bits per heavy atom. The highest BCUT2D eigenvalue weighted by molar-refractivity contribution is 6.31. The van der Waals surface area contributed by atoms with Crippen LogP contribution in [0.3, 0.4) is 0 Å². The Morgan fingerprint density at radius 2 is 2.25 bits per heavy atom. The van der Waals surface area contributed by atoms with Crippen LogP contribution in [0.1, 0.15) is 24.8 Å². The summed E-state index contributed by atoms with van der Waals surface area (Å²) < 4.78 is 0. The van der Waals surface area contributed by atoms with Gasteiger partial charge in [0, 0.05) is 42.8 Å². The third-order valence-electron chi connectivity index (χ3n) is 4.38. The van der Waals surface area contributed by atoms with E-state index in [9.17, 15) is 4.79 Å². The molecule has 2 saturated heterocycles. The van der Waals surface area contributed by atoms with Gasteiger partial charge in [-0.2, -0.15) is 0 Å². The van der Waals surface area contributed by atoms with Crippen LogP contribution in [0.15, 0.2) is 18.2 Å². The van der Waals surface area contributed by atoms with Gasteiger partial charge in [-0.3, -0.25) is 9.69 Å². The molecule has 2 aliphatic heterocycles. The second kappa shape index (κ2) is 5.62. The van der Waals surface area contributed by atoms with Crippen LogP contribution >= 0.6 is 11.6 Å². The summed E-state index contributed by atoms with van der Waals surface area (Å²) in [6, 6.07) is 6.08. The topological polar surface area (TPSA) is 58.4 Å². The average molecular weight is 294 g/mol. The van der Waals surface area contributed by atoms with Gasteiger partial charge < -0.3 is 11.1 Å². The molecule has 0 radical (unpaired) electrons. The third kappa shape index (κ3) is 2.91. The monoisotopic (exact) mass is 293 g/mol. The van der Waals surface area contributed by atoms with E-state index in [1.54, 1.807) is 0 Å². The first-order chi connectivity index (χ1) is 9.61. The maximum Gasteiger partial charge on any atom is 0.220 e. The number of hydrogen-bond acceptors (Lipinski definition) is 3. The summed E-state index contributed by atoms with van der Waals surface area (Å²) >= 11 is 6.24. The Morgan fingerprint density at radius 1 is 1.40 bits per heavy atom. The fraction of sp³-hybridized carbons (Fsp3) is 0.533. The number of anilines is 1. The number of benzene rings is 1. The van der Waals surface area contributed by atoms with Gasteiger partial charge in [0.1, 0.15) is 0 Å². The number of fused-ring (bicyclic) bond motifs is 1. The second-order valence-corrected chi connectivity index (χ2v) is 6.25. The summed E-state index contributed by atoms with van der Waals surface area (Å²) in [4.78, 5) is 13.8. The molecule has 0 saturated carbocycles. The van der Waals surface area contributed by atoms with Crippen molar-refractivity contribution in [2.75, 3.05) is 18.8 Å². The number of hydrogen-bond donors (Lipinski definition) is 2. The molecule has 108 valence electrons. The molecule has 20 heavy (non-hydrogen) atoms. The first-order valence-electron chi connectivity index (χ1n) is 7.17. The lowest BCUT2D eigenvalue weighted by molar-refractivity contribution is -0.125. The highest BCUT2D eigenvalue weighted by Crippen LogP contribution is 2.28. The van der Waals surface area contributed by atoms with Gasteiger partial charge in [0.05, 0.1) is 0 Å².